The Morgan fingerprint density at radius 2 is 2.38 bits per heavy atom. The Bertz CT molecular complexity index is 214. The molecule has 1 fully saturated rings. The van der Waals surface area contributed by atoms with Gasteiger partial charge in [-0.15, -0.1) is 0 Å². The topological polar surface area (TPSA) is 26.3 Å². The number of thiocarbonyl (C=S) groups is 1. The molecule has 0 saturated heterocycles. The van der Waals surface area contributed by atoms with Crippen LogP contribution in [0.5, 0.6) is 0 Å². The standard InChI is InChI=1S/C9H14O2S2/c1-6(2)11-9(12)13-8-5-3-4-7(8)10/h6,8H,3-5H2,1-2H3. The average Bonchev–Trinajstić information content (AvgIpc) is 2.34. The van der Waals surface area contributed by atoms with E-state index in [4.69, 9.17) is 17.0 Å². The highest BCUT2D eigenvalue weighted by atomic mass is 32.2. The summed E-state index contributed by atoms with van der Waals surface area (Å²) in [6.07, 6.45) is 2.77. The van der Waals surface area contributed by atoms with Gasteiger partial charge in [0.15, 0.2) is 0 Å². The zero-order valence-electron chi connectivity index (χ0n) is 7.91. The second kappa shape index (κ2) is 4.96. The van der Waals surface area contributed by atoms with Crippen molar-refractivity contribution in [2.24, 2.45) is 0 Å². The first-order valence-electron chi connectivity index (χ1n) is 4.49. The van der Waals surface area contributed by atoms with Crippen LogP contribution in [0.3, 0.4) is 0 Å². The summed E-state index contributed by atoms with van der Waals surface area (Å²) >= 11 is 6.41. The van der Waals surface area contributed by atoms with E-state index in [0.29, 0.717) is 16.6 Å². The van der Waals surface area contributed by atoms with Crippen LogP contribution in [0.1, 0.15) is 33.1 Å². The largest absolute Gasteiger partial charge is 0.476 e. The molecule has 74 valence electrons. The fourth-order valence-corrected chi connectivity index (χ4v) is 2.80. The molecule has 13 heavy (non-hydrogen) atoms. The van der Waals surface area contributed by atoms with Crippen molar-refractivity contribution in [3.8, 4) is 0 Å². The summed E-state index contributed by atoms with van der Waals surface area (Å²) in [4.78, 5) is 11.3. The molecule has 0 radical (unpaired) electrons. The SMILES string of the molecule is CC(C)OC(=S)SC1CCCC1=O. The Kier molecular flexibility index (Phi) is 4.19. The van der Waals surface area contributed by atoms with Crippen LogP contribution in [0.25, 0.3) is 0 Å². The number of Topliss-reactive ketones (excluding diaryl/α,β-unsaturated/α-hetero) is 1. The van der Waals surface area contributed by atoms with E-state index in [0.717, 1.165) is 12.8 Å². The predicted molar refractivity (Wildman–Crippen MR) is 59.1 cm³/mol. The Morgan fingerprint density at radius 1 is 1.69 bits per heavy atom. The minimum atomic E-state index is 0.0613. The lowest BCUT2D eigenvalue weighted by Crippen LogP contribution is -2.14. The first-order valence-corrected chi connectivity index (χ1v) is 5.78. The van der Waals surface area contributed by atoms with Crippen LogP contribution in [-0.4, -0.2) is 21.5 Å². The minimum Gasteiger partial charge on any atom is -0.476 e. The van der Waals surface area contributed by atoms with Gasteiger partial charge in [0, 0.05) is 6.42 Å². The molecule has 0 aromatic carbocycles. The van der Waals surface area contributed by atoms with Crippen LogP contribution < -0.4 is 0 Å². The van der Waals surface area contributed by atoms with E-state index in [1.807, 2.05) is 13.8 Å². The van der Waals surface area contributed by atoms with E-state index in [9.17, 15) is 4.79 Å². The van der Waals surface area contributed by atoms with Gasteiger partial charge in [-0.1, -0.05) is 11.8 Å². The lowest BCUT2D eigenvalue weighted by Gasteiger charge is -2.12. The van der Waals surface area contributed by atoms with Crippen molar-refractivity contribution in [2.75, 3.05) is 0 Å². The third kappa shape index (κ3) is 3.65. The molecule has 0 spiro atoms. The molecule has 0 aromatic heterocycles. The number of thioether (sulfide) groups is 1. The van der Waals surface area contributed by atoms with Crippen molar-refractivity contribution in [1.82, 2.24) is 0 Å². The van der Waals surface area contributed by atoms with Crippen LogP contribution in [0, 0.1) is 0 Å². The average molecular weight is 218 g/mol. The fourth-order valence-electron chi connectivity index (χ4n) is 1.24. The second-order valence-corrected chi connectivity index (χ2v) is 5.19. The summed E-state index contributed by atoms with van der Waals surface area (Å²) < 4.78 is 5.81. The summed E-state index contributed by atoms with van der Waals surface area (Å²) in [7, 11) is 0. The van der Waals surface area contributed by atoms with Crippen molar-refractivity contribution in [3.63, 3.8) is 0 Å². The van der Waals surface area contributed by atoms with Gasteiger partial charge in [0.05, 0.1) is 11.4 Å². The third-order valence-electron chi connectivity index (χ3n) is 1.82. The highest BCUT2D eigenvalue weighted by Gasteiger charge is 2.26. The summed E-state index contributed by atoms with van der Waals surface area (Å²) in [5.41, 5.74) is 0. The molecule has 1 rings (SSSR count). The highest BCUT2D eigenvalue weighted by molar-refractivity contribution is 8.23. The minimum absolute atomic E-state index is 0.0613. The van der Waals surface area contributed by atoms with E-state index in [1.54, 1.807) is 0 Å². The molecule has 1 atom stereocenters. The molecule has 0 amide bonds. The normalized spacial score (nSPS) is 22.4. The van der Waals surface area contributed by atoms with Crippen LogP contribution >= 0.6 is 24.0 Å². The number of ketones is 1. The molecular weight excluding hydrogens is 204 g/mol. The molecule has 2 nitrogen and oxygen atoms in total. The maximum Gasteiger partial charge on any atom is 0.220 e. The first-order chi connectivity index (χ1) is 6.09. The zero-order valence-corrected chi connectivity index (χ0v) is 9.54. The van der Waals surface area contributed by atoms with E-state index < -0.39 is 0 Å². The van der Waals surface area contributed by atoms with Gasteiger partial charge >= 0.3 is 0 Å². The Hall–Kier alpha value is -0.0900. The fraction of sp³-hybridized carbons (Fsp3) is 0.778. The number of rotatable bonds is 2. The number of hydrogen-bond acceptors (Lipinski definition) is 4. The smallest absolute Gasteiger partial charge is 0.220 e. The van der Waals surface area contributed by atoms with E-state index in [1.165, 1.54) is 11.8 Å². The molecule has 1 aliphatic rings. The van der Waals surface area contributed by atoms with Gasteiger partial charge in [-0.2, -0.15) is 0 Å². The lowest BCUT2D eigenvalue weighted by atomic mass is 10.3. The van der Waals surface area contributed by atoms with Crippen molar-refractivity contribution in [2.45, 2.75) is 44.5 Å². The molecule has 1 unspecified atom stereocenters. The molecule has 0 aromatic rings. The maximum atomic E-state index is 11.3. The number of hydrogen-bond donors (Lipinski definition) is 0. The van der Waals surface area contributed by atoms with Crippen molar-refractivity contribution >= 4 is 34.1 Å². The van der Waals surface area contributed by atoms with Gasteiger partial charge in [0.1, 0.15) is 5.78 Å². The van der Waals surface area contributed by atoms with Crippen LogP contribution in [-0.2, 0) is 9.53 Å². The van der Waals surface area contributed by atoms with E-state index in [2.05, 4.69) is 0 Å². The first kappa shape index (κ1) is 11.0. The summed E-state index contributed by atoms with van der Waals surface area (Å²) in [5, 5.41) is 0.0613. The monoisotopic (exact) mass is 218 g/mol. The molecule has 0 bridgehead atoms. The summed E-state index contributed by atoms with van der Waals surface area (Å²) in [5.74, 6) is 0.319. The number of carbonyl (C=O) groups is 1. The van der Waals surface area contributed by atoms with Gasteiger partial charge in [-0.3, -0.25) is 4.79 Å². The Morgan fingerprint density at radius 3 is 2.85 bits per heavy atom. The van der Waals surface area contributed by atoms with Gasteiger partial charge in [-0.25, -0.2) is 0 Å². The molecule has 1 aliphatic carbocycles. The van der Waals surface area contributed by atoms with Crippen molar-refractivity contribution < 1.29 is 9.53 Å². The molecule has 4 heteroatoms. The maximum absolute atomic E-state index is 11.3. The van der Waals surface area contributed by atoms with Gasteiger partial charge in [0.2, 0.25) is 4.38 Å². The van der Waals surface area contributed by atoms with Gasteiger partial charge in [-0.05, 0) is 38.9 Å². The van der Waals surface area contributed by atoms with Crippen LogP contribution in [0.15, 0.2) is 0 Å². The lowest BCUT2D eigenvalue weighted by molar-refractivity contribution is -0.116. The van der Waals surface area contributed by atoms with Crippen LogP contribution in [0.2, 0.25) is 0 Å². The quantitative estimate of drug-likeness (QED) is 0.665. The molecular formula is C9H14O2S2. The summed E-state index contributed by atoms with van der Waals surface area (Å²) in [6, 6.07) is 0. The predicted octanol–water partition coefficient (Wildman–Crippen LogP) is 2.55. The zero-order chi connectivity index (χ0) is 9.84. The number of ether oxygens (including phenoxy) is 1. The Balaban J connectivity index is 2.31. The molecule has 0 N–H and O–H groups in total. The van der Waals surface area contributed by atoms with Gasteiger partial charge in [0.25, 0.3) is 0 Å². The second-order valence-electron chi connectivity index (χ2n) is 3.38. The third-order valence-corrected chi connectivity index (χ3v) is 3.28. The summed E-state index contributed by atoms with van der Waals surface area (Å²) in [6.45, 7) is 3.87. The van der Waals surface area contributed by atoms with Crippen molar-refractivity contribution in [1.29, 1.82) is 0 Å². The Labute approximate surface area is 88.4 Å². The number of carbonyl (C=O) groups excluding carboxylic acids is 1. The van der Waals surface area contributed by atoms with Crippen molar-refractivity contribution in [3.05, 3.63) is 0 Å². The van der Waals surface area contributed by atoms with E-state index >= 15 is 0 Å². The van der Waals surface area contributed by atoms with E-state index in [-0.39, 0.29) is 11.4 Å². The molecule has 1 saturated carbocycles. The van der Waals surface area contributed by atoms with Gasteiger partial charge < -0.3 is 4.74 Å². The molecule has 0 aliphatic heterocycles. The van der Waals surface area contributed by atoms with Crippen LogP contribution in [0.4, 0.5) is 0 Å². The highest BCUT2D eigenvalue weighted by Crippen LogP contribution is 2.28. The molecule has 0 heterocycles.